The van der Waals surface area contributed by atoms with Crippen LogP contribution in [-0.4, -0.2) is 60.0 Å². The topological polar surface area (TPSA) is 0 Å². The van der Waals surface area contributed by atoms with Gasteiger partial charge < -0.3 is 0 Å². The van der Waals surface area contributed by atoms with E-state index in [1.54, 1.807) is 0 Å². The molecule has 0 spiro atoms. The largest absolute Gasteiger partial charge is 0.176 e. The maximum absolute atomic E-state index is 5.03. The van der Waals surface area contributed by atoms with Gasteiger partial charge in [0.15, 0.2) is 0 Å². The van der Waals surface area contributed by atoms with Gasteiger partial charge in [-0.25, -0.2) is 0 Å². The van der Waals surface area contributed by atoms with Crippen LogP contribution in [0.25, 0.3) is 0 Å². The Morgan fingerprint density at radius 1 is 0.353 bits per heavy atom. The quantitative estimate of drug-likeness (QED) is 0.0354. The summed E-state index contributed by atoms with van der Waals surface area (Å²) in [6.07, 6.45) is 6.44. The van der Waals surface area contributed by atoms with Gasteiger partial charge in [0.2, 0.25) is 0 Å². The van der Waals surface area contributed by atoms with E-state index in [0.717, 1.165) is 69.0 Å². The number of hydrogen-bond donors (Lipinski definition) is 9. The van der Waals surface area contributed by atoms with E-state index >= 15 is 0 Å². The molecule has 0 aliphatic heterocycles. The molecule has 0 fully saturated rings. The van der Waals surface area contributed by atoms with Crippen LogP contribution < -0.4 is 0 Å². The van der Waals surface area contributed by atoms with Crippen molar-refractivity contribution in [3.63, 3.8) is 0 Å². The predicted molar refractivity (Wildman–Crippen MR) is 210 cm³/mol. The molecule has 34 heavy (non-hydrogen) atoms. The summed E-state index contributed by atoms with van der Waals surface area (Å²) in [5, 5.41) is 6.00. The molecule has 0 aliphatic rings. The number of rotatable bonds is 24. The lowest BCUT2D eigenvalue weighted by Crippen LogP contribution is -2.22. The Kier molecular flexibility index (Phi) is 31.3. The Labute approximate surface area is 284 Å². The third kappa shape index (κ3) is 21.9. The normalized spacial score (nSPS) is 15.9. The highest BCUT2D eigenvalue weighted by atomic mass is 32.2. The minimum atomic E-state index is 0.347. The second kappa shape index (κ2) is 27.1. The van der Waals surface area contributed by atoms with Gasteiger partial charge in [-0.3, -0.25) is 0 Å². The molecule has 0 aromatic heterocycles. The molecule has 0 nitrogen and oxygen atoms in total. The molecule has 0 radical (unpaired) electrons. The zero-order valence-electron chi connectivity index (χ0n) is 19.0. The van der Waals surface area contributed by atoms with Gasteiger partial charge in [-0.05, 0) is 44.4 Å². The number of thioether (sulfide) groups is 6. The van der Waals surface area contributed by atoms with E-state index < -0.39 is 0 Å². The van der Waals surface area contributed by atoms with Gasteiger partial charge in [0.05, 0.1) is 13.7 Å². The third-order valence-corrected chi connectivity index (χ3v) is 15.4. The molecule has 15 heteroatoms. The first kappa shape index (κ1) is 39.2. The Bertz CT molecular complexity index is 366. The van der Waals surface area contributed by atoms with Crippen LogP contribution >= 0.6 is 184 Å². The van der Waals surface area contributed by atoms with Gasteiger partial charge in [0.25, 0.3) is 0 Å². The maximum Gasteiger partial charge on any atom is 0.0529 e. The van der Waals surface area contributed by atoms with Gasteiger partial charge in [0, 0.05) is 46.3 Å². The minimum absolute atomic E-state index is 0.347. The zero-order valence-corrected chi connectivity index (χ0v) is 31.9. The smallest absolute Gasteiger partial charge is 0.0529 e. The summed E-state index contributed by atoms with van der Waals surface area (Å²) in [4.78, 5) is 0. The highest BCUT2D eigenvalue weighted by Crippen LogP contribution is 2.38. The molecule has 0 bridgehead atoms. The van der Waals surface area contributed by atoms with Gasteiger partial charge in [-0.15, -0.1) is 70.6 Å². The van der Waals surface area contributed by atoms with E-state index in [9.17, 15) is 0 Å². The van der Waals surface area contributed by atoms with Crippen molar-refractivity contribution in [3.05, 3.63) is 0 Å². The molecule has 0 aliphatic carbocycles. The average molecular weight is 750 g/mol. The minimum Gasteiger partial charge on any atom is -0.176 e. The lowest BCUT2D eigenvalue weighted by Gasteiger charge is -2.29. The second-order valence-corrected chi connectivity index (χ2v) is 22.0. The molecule has 0 aromatic rings. The predicted octanol–water partition coefficient (Wildman–Crippen LogP) is 9.54. The fourth-order valence-corrected chi connectivity index (χ4v) is 16.5. The molecule has 0 saturated carbocycles. The first-order valence-corrected chi connectivity index (χ1v) is 22.4. The molecular formula is C19H40S15. The second-order valence-electron chi connectivity index (χ2n) is 7.30. The molecule has 0 N–H and O–H groups in total. The van der Waals surface area contributed by atoms with Gasteiger partial charge >= 0.3 is 0 Å². The van der Waals surface area contributed by atoms with Crippen LogP contribution in [0, 0.1) is 5.92 Å². The van der Waals surface area contributed by atoms with Crippen LogP contribution in [0.3, 0.4) is 0 Å². The highest BCUT2D eigenvalue weighted by molar-refractivity contribution is 8.24. The van der Waals surface area contributed by atoms with Crippen LogP contribution in [0.5, 0.6) is 0 Å². The molecule has 3 atom stereocenters. The van der Waals surface area contributed by atoms with E-state index in [2.05, 4.69) is 75.8 Å². The maximum atomic E-state index is 5.03. The number of hydrogen-bond acceptors (Lipinski definition) is 15. The van der Waals surface area contributed by atoms with Gasteiger partial charge in [-0.2, -0.15) is 114 Å². The average Bonchev–Trinajstić information content (AvgIpc) is 2.74. The zero-order chi connectivity index (χ0) is 25.8. The molecule has 206 valence electrons. The number of thiol groups is 9. The van der Waals surface area contributed by atoms with Crippen molar-refractivity contribution in [1.82, 2.24) is 0 Å². The Morgan fingerprint density at radius 3 is 0.735 bits per heavy atom. The van der Waals surface area contributed by atoms with Crippen molar-refractivity contribution in [3.8, 4) is 0 Å². The fourth-order valence-electron chi connectivity index (χ4n) is 3.45. The van der Waals surface area contributed by atoms with Crippen LogP contribution in [0.4, 0.5) is 0 Å². The Morgan fingerprint density at radius 2 is 0.559 bits per heavy atom. The van der Waals surface area contributed by atoms with Crippen molar-refractivity contribution in [2.75, 3.05) is 30.5 Å². The summed E-state index contributed by atoms with van der Waals surface area (Å²) in [5.41, 5.74) is 0. The lowest BCUT2D eigenvalue weighted by atomic mass is 9.90. The van der Waals surface area contributed by atoms with Crippen molar-refractivity contribution >= 4 is 184 Å². The molecule has 0 amide bonds. The van der Waals surface area contributed by atoms with E-state index in [1.165, 1.54) is 0 Å². The fraction of sp³-hybridized carbons (Fsp3) is 1.00. The van der Waals surface area contributed by atoms with Crippen LogP contribution in [0.15, 0.2) is 0 Å². The van der Waals surface area contributed by atoms with E-state index in [0.29, 0.717) is 35.4 Å². The molecule has 0 saturated heterocycles. The summed E-state index contributed by atoms with van der Waals surface area (Å²) >= 11 is 52.9. The summed E-state index contributed by atoms with van der Waals surface area (Å²) < 4.78 is 1.47. The van der Waals surface area contributed by atoms with Crippen molar-refractivity contribution < 1.29 is 0 Å². The molecule has 0 heterocycles. The SMILES string of the molecule is SCSC(CC(S)CC(CC(S)CC(SCS)SCS)CC(S)CC(SCS)SCS)SCS. The van der Waals surface area contributed by atoms with Crippen LogP contribution in [-0.2, 0) is 0 Å². The van der Waals surface area contributed by atoms with Crippen molar-refractivity contribution in [2.45, 2.75) is 68.0 Å². The molecular weight excluding hydrogens is 709 g/mol. The van der Waals surface area contributed by atoms with E-state index in [-0.39, 0.29) is 0 Å². The van der Waals surface area contributed by atoms with Gasteiger partial charge in [-0.1, -0.05) is 0 Å². The van der Waals surface area contributed by atoms with Crippen LogP contribution in [0.1, 0.15) is 38.5 Å². The Hall–Kier alpha value is 5.25. The summed E-state index contributed by atoms with van der Waals surface area (Å²) in [6, 6.07) is 0. The lowest BCUT2D eigenvalue weighted by molar-refractivity contribution is 0.397. The van der Waals surface area contributed by atoms with E-state index in [1.807, 2.05) is 70.6 Å². The van der Waals surface area contributed by atoms with E-state index in [4.69, 9.17) is 37.9 Å². The van der Waals surface area contributed by atoms with Crippen molar-refractivity contribution in [1.29, 1.82) is 0 Å². The molecule has 0 aromatic carbocycles. The summed E-state index contributed by atoms with van der Waals surface area (Å²) in [7, 11) is 0. The first-order chi connectivity index (χ1) is 16.3. The Balaban J connectivity index is 5.17. The monoisotopic (exact) mass is 748 g/mol. The van der Waals surface area contributed by atoms with Crippen molar-refractivity contribution in [2.24, 2.45) is 5.92 Å². The standard InChI is InChI=1S/C19H40S15/c20-7-29-17(30-8-21)4-14(26)1-13(2-15(27)5-18(31-9-22)32-10-23)3-16(28)6-19(33-11-24)34-12-25/h13-28H,1-12H2. The molecule has 0 rings (SSSR count). The van der Waals surface area contributed by atoms with Gasteiger partial charge in [0.1, 0.15) is 0 Å². The first-order valence-electron chi connectivity index (χ1n) is 10.7. The molecule has 3 unspecified atom stereocenters. The summed E-state index contributed by atoms with van der Waals surface area (Å²) in [6.45, 7) is 0. The third-order valence-electron chi connectivity index (χ3n) is 4.77. The highest BCUT2D eigenvalue weighted by Gasteiger charge is 2.25. The van der Waals surface area contributed by atoms with Crippen LogP contribution in [0.2, 0.25) is 0 Å². The summed E-state index contributed by atoms with van der Waals surface area (Å²) in [5.74, 6) is 0.542.